The van der Waals surface area contributed by atoms with Crippen LogP contribution in [-0.2, 0) is 0 Å². The third-order valence-electron chi connectivity index (χ3n) is 4.09. The lowest BCUT2D eigenvalue weighted by Crippen LogP contribution is -2.52. The van der Waals surface area contributed by atoms with Gasteiger partial charge >= 0.3 is 0 Å². The summed E-state index contributed by atoms with van der Waals surface area (Å²) in [6.07, 6.45) is -1.05. The molecular weight excluding hydrogens is 408 g/mol. The number of benzene rings is 1. The zero-order valence-corrected chi connectivity index (χ0v) is 15.4. The molecule has 0 bridgehead atoms. The van der Waals surface area contributed by atoms with E-state index in [0.29, 0.717) is 43.6 Å². The van der Waals surface area contributed by atoms with Crippen LogP contribution in [0.3, 0.4) is 0 Å². The van der Waals surface area contributed by atoms with Gasteiger partial charge in [-0.2, -0.15) is 0 Å². The van der Waals surface area contributed by atoms with Gasteiger partial charge in [0.25, 0.3) is 6.43 Å². The zero-order chi connectivity index (χ0) is 18.5. The number of alkyl halides is 2. The van der Waals surface area contributed by atoms with Crippen LogP contribution in [0.5, 0.6) is 0 Å². The Balaban J connectivity index is 1.70. The van der Waals surface area contributed by atoms with Crippen molar-refractivity contribution in [3.63, 3.8) is 0 Å². The number of anilines is 1. The lowest BCUT2D eigenvalue weighted by Gasteiger charge is -2.37. The molecule has 1 saturated heterocycles. The molecule has 0 aliphatic carbocycles. The summed E-state index contributed by atoms with van der Waals surface area (Å²) in [6, 6.07) is 10.3. The first-order valence-corrected chi connectivity index (χ1v) is 8.85. The lowest BCUT2D eigenvalue weighted by molar-refractivity contribution is 0.151. The second kappa shape index (κ2) is 8.41. The molecule has 0 saturated carbocycles. The molecule has 0 unspecified atom stereocenters. The van der Waals surface area contributed by atoms with E-state index >= 15 is 0 Å². The van der Waals surface area contributed by atoms with E-state index in [0.717, 1.165) is 4.47 Å². The van der Waals surface area contributed by atoms with Crippen molar-refractivity contribution >= 4 is 33.4 Å². The highest BCUT2D eigenvalue weighted by atomic mass is 79.9. The predicted molar refractivity (Wildman–Crippen MR) is 99.1 cm³/mol. The maximum absolute atomic E-state index is 13.2. The van der Waals surface area contributed by atoms with Crippen molar-refractivity contribution in [3.05, 3.63) is 52.6 Å². The Morgan fingerprint density at radius 1 is 1.15 bits per heavy atom. The van der Waals surface area contributed by atoms with Crippen molar-refractivity contribution < 1.29 is 14.0 Å². The van der Waals surface area contributed by atoms with Gasteiger partial charge in [-0.05, 0) is 36.4 Å². The maximum Gasteiger partial charge on any atom is 0.267 e. The van der Waals surface area contributed by atoms with Crippen LogP contribution in [0.25, 0.3) is 0 Å². The van der Waals surface area contributed by atoms with Crippen LogP contribution < -0.4 is 10.4 Å². The summed E-state index contributed by atoms with van der Waals surface area (Å²) in [4.78, 5) is 12.2. The molecule has 0 spiro atoms. The van der Waals surface area contributed by atoms with Crippen LogP contribution in [0.2, 0.25) is 0 Å². The number of nitrogens with zero attached hydrogens (tertiary/aromatic N) is 4. The van der Waals surface area contributed by atoms with Crippen molar-refractivity contribution in [2.45, 2.75) is 6.43 Å². The Hall–Kier alpha value is -2.26. The normalized spacial score (nSPS) is 15.5. The highest BCUT2D eigenvalue weighted by Gasteiger charge is 2.24. The number of nitrogens with one attached hydrogen (secondary N) is 1. The first kappa shape index (κ1) is 18.5. The van der Waals surface area contributed by atoms with Crippen LogP contribution in [0, 0.1) is 0 Å². The fourth-order valence-corrected chi connectivity index (χ4v) is 3.04. The van der Waals surface area contributed by atoms with Gasteiger partial charge in [-0.1, -0.05) is 15.9 Å². The first-order valence-electron chi connectivity index (χ1n) is 8.06. The van der Waals surface area contributed by atoms with Crippen LogP contribution in [-0.4, -0.2) is 47.2 Å². The molecule has 2 N–H and O–H groups in total. The molecular formula is C17H18BrF2N5O. The summed E-state index contributed by atoms with van der Waals surface area (Å²) >= 11 is 3.36. The van der Waals surface area contributed by atoms with Crippen molar-refractivity contribution in [1.29, 1.82) is 0 Å². The van der Waals surface area contributed by atoms with Gasteiger partial charge in [0.1, 0.15) is 5.82 Å². The predicted octanol–water partition coefficient (Wildman–Crippen LogP) is 3.57. The molecule has 26 heavy (non-hydrogen) atoms. The molecule has 1 aromatic heterocycles. The van der Waals surface area contributed by atoms with Crippen LogP contribution >= 0.6 is 15.9 Å². The zero-order valence-electron chi connectivity index (χ0n) is 13.8. The van der Waals surface area contributed by atoms with E-state index in [1.54, 1.807) is 0 Å². The smallest absolute Gasteiger partial charge is 0.267 e. The molecule has 1 aliphatic heterocycles. The highest BCUT2D eigenvalue weighted by molar-refractivity contribution is 9.10. The standard InChI is InChI=1S/C17H18BrF2N5O/c18-12-3-5-13(6-4-12)22-17(23-26)25-10-8-24(9-11-25)16-14(15(19)20)2-1-7-21-16/h1-7,15,26H,8-11H2,(H,22,23). The third-order valence-corrected chi connectivity index (χ3v) is 4.62. The van der Waals surface area contributed by atoms with E-state index in [1.807, 2.05) is 34.1 Å². The topological polar surface area (TPSA) is 64.0 Å². The molecule has 1 fully saturated rings. The Morgan fingerprint density at radius 2 is 1.85 bits per heavy atom. The summed E-state index contributed by atoms with van der Waals surface area (Å²) in [7, 11) is 0. The number of pyridine rings is 1. The second-order valence-electron chi connectivity index (χ2n) is 5.71. The van der Waals surface area contributed by atoms with E-state index < -0.39 is 6.43 Å². The quantitative estimate of drug-likeness (QED) is 0.447. The fraction of sp³-hybridized carbons (Fsp3) is 0.294. The van der Waals surface area contributed by atoms with E-state index in [1.165, 1.54) is 18.3 Å². The number of aromatic nitrogens is 1. The molecule has 6 nitrogen and oxygen atoms in total. The van der Waals surface area contributed by atoms with Crippen LogP contribution in [0.1, 0.15) is 12.0 Å². The average Bonchev–Trinajstić information content (AvgIpc) is 2.68. The Kier molecular flexibility index (Phi) is 6.00. The van der Waals surface area contributed by atoms with E-state index in [2.05, 4.69) is 31.4 Å². The molecule has 1 aliphatic rings. The summed E-state index contributed by atoms with van der Waals surface area (Å²) in [5, 5.41) is 9.44. The number of piperazine rings is 1. The van der Waals surface area contributed by atoms with Crippen LogP contribution in [0.15, 0.2) is 52.1 Å². The van der Waals surface area contributed by atoms with Gasteiger partial charge in [-0.15, -0.1) is 0 Å². The Bertz CT molecular complexity index is 764. The minimum absolute atomic E-state index is 0.0648. The molecule has 138 valence electrons. The number of hydrogen-bond donors (Lipinski definition) is 2. The highest BCUT2D eigenvalue weighted by Crippen LogP contribution is 2.28. The summed E-state index contributed by atoms with van der Waals surface area (Å²) in [5.41, 5.74) is 2.76. The van der Waals surface area contributed by atoms with Gasteiger partial charge in [0.15, 0.2) is 0 Å². The van der Waals surface area contributed by atoms with Gasteiger partial charge in [-0.25, -0.2) is 24.2 Å². The van der Waals surface area contributed by atoms with Gasteiger partial charge in [0, 0.05) is 36.8 Å². The number of hydroxylamine groups is 1. The molecule has 0 radical (unpaired) electrons. The number of hydrogen-bond acceptors (Lipinski definition) is 4. The molecule has 9 heteroatoms. The number of aliphatic imine (C=N–C) groups is 1. The van der Waals surface area contributed by atoms with Gasteiger partial charge in [-0.3, -0.25) is 5.21 Å². The lowest BCUT2D eigenvalue weighted by atomic mass is 10.2. The van der Waals surface area contributed by atoms with Crippen molar-refractivity contribution in [3.8, 4) is 0 Å². The molecule has 1 aromatic carbocycles. The van der Waals surface area contributed by atoms with Crippen molar-refractivity contribution in [2.75, 3.05) is 31.1 Å². The fourth-order valence-electron chi connectivity index (χ4n) is 2.78. The SMILES string of the molecule is ONC(=Nc1ccc(Br)cc1)N1CCN(c2ncccc2C(F)F)CC1. The average molecular weight is 426 g/mol. The van der Waals surface area contributed by atoms with Gasteiger partial charge < -0.3 is 9.80 Å². The largest absolute Gasteiger partial charge is 0.353 e. The van der Waals surface area contributed by atoms with E-state index in [-0.39, 0.29) is 5.56 Å². The molecule has 2 heterocycles. The molecule has 2 aromatic rings. The van der Waals surface area contributed by atoms with Gasteiger partial charge in [0.05, 0.1) is 11.3 Å². The number of halogens is 3. The maximum atomic E-state index is 13.2. The summed E-state index contributed by atoms with van der Waals surface area (Å²) < 4.78 is 27.3. The van der Waals surface area contributed by atoms with Crippen molar-refractivity contribution in [1.82, 2.24) is 15.4 Å². The van der Waals surface area contributed by atoms with Gasteiger partial charge in [0.2, 0.25) is 5.96 Å². The minimum Gasteiger partial charge on any atom is -0.353 e. The monoisotopic (exact) mass is 425 g/mol. The second-order valence-corrected chi connectivity index (χ2v) is 6.63. The third kappa shape index (κ3) is 4.28. The number of guanidine groups is 1. The Morgan fingerprint density at radius 3 is 2.46 bits per heavy atom. The Labute approximate surface area is 158 Å². The number of rotatable bonds is 3. The molecule has 0 atom stereocenters. The van der Waals surface area contributed by atoms with Crippen molar-refractivity contribution in [2.24, 2.45) is 4.99 Å². The summed E-state index contributed by atoms with van der Waals surface area (Å²) in [6.45, 7) is 2.03. The van der Waals surface area contributed by atoms with E-state index in [9.17, 15) is 14.0 Å². The molecule has 0 amide bonds. The first-order chi connectivity index (χ1) is 12.6. The van der Waals surface area contributed by atoms with Crippen LogP contribution in [0.4, 0.5) is 20.3 Å². The molecule has 3 rings (SSSR count). The van der Waals surface area contributed by atoms with E-state index in [4.69, 9.17) is 0 Å². The summed E-state index contributed by atoms with van der Waals surface area (Å²) in [5.74, 6) is 0.632. The minimum atomic E-state index is -2.56.